The lowest BCUT2D eigenvalue weighted by atomic mass is 9.86. The van der Waals surface area contributed by atoms with Crippen LogP contribution >= 0.6 is 0 Å². The van der Waals surface area contributed by atoms with Crippen molar-refractivity contribution in [1.82, 2.24) is 0 Å². The van der Waals surface area contributed by atoms with Gasteiger partial charge in [-0.1, -0.05) is 12.5 Å². The lowest BCUT2D eigenvalue weighted by Crippen LogP contribution is -2.24. The molecule has 28 heavy (non-hydrogen) atoms. The molecule has 1 aromatic rings. The highest BCUT2D eigenvalue weighted by molar-refractivity contribution is 5.81. The Balaban J connectivity index is 1.78. The van der Waals surface area contributed by atoms with Gasteiger partial charge >= 0.3 is 5.97 Å². The number of esters is 1. The largest absolute Gasteiger partial charge is 0.512 e. The number of carbonyl (C=O) groups excluding carboxylic acids is 1. The summed E-state index contributed by atoms with van der Waals surface area (Å²) in [6, 6.07) is 3.78. The topological polar surface area (TPSA) is 100 Å². The summed E-state index contributed by atoms with van der Waals surface area (Å²) in [4.78, 5) is 11.0. The average Bonchev–Trinajstić information content (AvgIpc) is 3.28. The smallest absolute Gasteiger partial charge is 0.330 e. The van der Waals surface area contributed by atoms with Gasteiger partial charge in [-0.25, -0.2) is 4.79 Å². The first-order valence-electron chi connectivity index (χ1n) is 10.0. The summed E-state index contributed by atoms with van der Waals surface area (Å²) in [5, 5.41) is 31.1. The minimum Gasteiger partial charge on any atom is -0.512 e. The number of furan rings is 1. The molecule has 0 bridgehead atoms. The number of hydrogen-bond donors (Lipinski definition) is 3. The van der Waals surface area contributed by atoms with Crippen LogP contribution in [0.5, 0.6) is 0 Å². The molecule has 0 aromatic carbocycles. The number of aliphatic hydroxyl groups excluding tert-OH is 3. The van der Waals surface area contributed by atoms with Gasteiger partial charge in [-0.15, -0.1) is 0 Å². The maximum absolute atomic E-state index is 11.0. The lowest BCUT2D eigenvalue weighted by Gasteiger charge is -2.23. The normalized spacial score (nSPS) is 25.5. The van der Waals surface area contributed by atoms with Gasteiger partial charge in [0.2, 0.25) is 0 Å². The third kappa shape index (κ3) is 6.84. The van der Waals surface area contributed by atoms with E-state index in [9.17, 15) is 20.1 Å². The lowest BCUT2D eigenvalue weighted by molar-refractivity contribution is -0.134. The van der Waals surface area contributed by atoms with Crippen molar-refractivity contribution in [1.29, 1.82) is 0 Å². The first kappa shape index (κ1) is 22.2. The van der Waals surface area contributed by atoms with Gasteiger partial charge in [0.25, 0.3) is 0 Å². The van der Waals surface area contributed by atoms with Crippen LogP contribution in [0.15, 0.2) is 46.8 Å². The molecule has 1 heterocycles. The van der Waals surface area contributed by atoms with Crippen LogP contribution in [-0.2, 0) is 16.0 Å². The van der Waals surface area contributed by atoms with E-state index >= 15 is 0 Å². The summed E-state index contributed by atoms with van der Waals surface area (Å²) in [7, 11) is 1.34. The van der Waals surface area contributed by atoms with Crippen LogP contribution in [0.3, 0.4) is 0 Å². The van der Waals surface area contributed by atoms with Gasteiger partial charge in [0.1, 0.15) is 5.76 Å². The Labute approximate surface area is 166 Å². The van der Waals surface area contributed by atoms with Crippen molar-refractivity contribution in [3.8, 4) is 0 Å². The average molecular weight is 392 g/mol. The summed E-state index contributed by atoms with van der Waals surface area (Å²) in [5.41, 5.74) is 0. The molecule has 2 unspecified atom stereocenters. The van der Waals surface area contributed by atoms with E-state index in [0.717, 1.165) is 44.3 Å². The summed E-state index contributed by atoms with van der Waals surface area (Å²) in [5.74, 6) is 0.170. The summed E-state index contributed by atoms with van der Waals surface area (Å²) in [6.07, 6.45) is 11.1. The Kier molecular flexibility index (Phi) is 9.31. The third-order valence-corrected chi connectivity index (χ3v) is 5.37. The highest BCUT2D eigenvalue weighted by atomic mass is 16.5. The molecule has 2 rings (SSSR count). The molecule has 6 nitrogen and oxygen atoms in total. The van der Waals surface area contributed by atoms with Gasteiger partial charge in [-0.3, -0.25) is 0 Å². The minimum atomic E-state index is -0.722. The van der Waals surface area contributed by atoms with E-state index in [2.05, 4.69) is 4.74 Å². The van der Waals surface area contributed by atoms with Gasteiger partial charge in [0.05, 0.1) is 31.3 Å². The maximum Gasteiger partial charge on any atom is 0.330 e. The second kappa shape index (κ2) is 11.7. The molecule has 0 amide bonds. The van der Waals surface area contributed by atoms with Crippen LogP contribution in [0.1, 0.15) is 50.7 Å². The van der Waals surface area contributed by atoms with Crippen molar-refractivity contribution in [2.45, 2.75) is 63.6 Å². The number of carbonyl (C=O) groups is 1. The number of allylic oxidation sites excluding steroid dienone is 2. The zero-order valence-corrected chi connectivity index (χ0v) is 16.5. The SMILES string of the molecule is COC(=O)C=CCCCCC1C(/C(O)=C\CCCc2ccco2)[C@H](O)C[C@@H]1O. The zero-order chi connectivity index (χ0) is 20.4. The number of hydrogen-bond acceptors (Lipinski definition) is 6. The maximum atomic E-state index is 11.0. The van der Waals surface area contributed by atoms with E-state index in [1.807, 2.05) is 12.1 Å². The molecule has 0 spiro atoms. The molecule has 1 aromatic heterocycles. The first-order valence-corrected chi connectivity index (χ1v) is 10.0. The van der Waals surface area contributed by atoms with Crippen LogP contribution in [-0.4, -0.2) is 40.6 Å². The number of methoxy groups -OCH3 is 1. The summed E-state index contributed by atoms with van der Waals surface area (Å²) >= 11 is 0. The molecule has 3 N–H and O–H groups in total. The predicted molar refractivity (Wildman–Crippen MR) is 106 cm³/mol. The fourth-order valence-electron chi connectivity index (χ4n) is 3.89. The van der Waals surface area contributed by atoms with E-state index in [0.29, 0.717) is 12.8 Å². The first-order chi connectivity index (χ1) is 13.5. The Bertz CT molecular complexity index is 633. The van der Waals surface area contributed by atoms with Crippen molar-refractivity contribution in [3.05, 3.63) is 48.1 Å². The number of aryl methyl sites for hydroxylation is 1. The molecule has 1 fully saturated rings. The second-order valence-electron chi connectivity index (χ2n) is 7.37. The van der Waals surface area contributed by atoms with Crippen molar-refractivity contribution >= 4 is 5.97 Å². The van der Waals surface area contributed by atoms with Crippen LogP contribution < -0.4 is 0 Å². The van der Waals surface area contributed by atoms with Gasteiger partial charge < -0.3 is 24.5 Å². The number of ether oxygens (including phenoxy) is 1. The van der Waals surface area contributed by atoms with Crippen LogP contribution in [0.25, 0.3) is 0 Å². The fraction of sp³-hybridized carbons (Fsp3) is 0.591. The van der Waals surface area contributed by atoms with Gasteiger partial charge in [0, 0.05) is 24.8 Å². The van der Waals surface area contributed by atoms with E-state index in [4.69, 9.17) is 4.42 Å². The molecule has 1 saturated carbocycles. The van der Waals surface area contributed by atoms with Crippen LogP contribution in [0.4, 0.5) is 0 Å². The predicted octanol–water partition coefficient (Wildman–Crippen LogP) is 3.69. The molecule has 1 aliphatic carbocycles. The van der Waals surface area contributed by atoms with Crippen molar-refractivity contribution in [2.75, 3.05) is 7.11 Å². The fourth-order valence-corrected chi connectivity index (χ4v) is 3.89. The standard InChI is InChI=1S/C22H32O6/c1-27-21(26)13-5-3-2-4-11-17-19(24)15-20(25)22(17)18(23)12-7-6-9-16-10-8-14-28-16/h5,8,10,12-14,17,19-20,22-25H,2-4,6-7,9,11,15H2,1H3/b13-5?,18-12+/t17?,19-,20+,22?/m0/s1. The van der Waals surface area contributed by atoms with E-state index in [-0.39, 0.29) is 17.6 Å². The summed E-state index contributed by atoms with van der Waals surface area (Å²) in [6.45, 7) is 0. The monoisotopic (exact) mass is 392 g/mol. The molecule has 4 atom stereocenters. The third-order valence-electron chi connectivity index (χ3n) is 5.37. The number of unbranched alkanes of at least 4 members (excludes halogenated alkanes) is 3. The Morgan fingerprint density at radius 1 is 1.25 bits per heavy atom. The molecular weight excluding hydrogens is 360 g/mol. The summed E-state index contributed by atoms with van der Waals surface area (Å²) < 4.78 is 9.83. The highest BCUT2D eigenvalue weighted by Gasteiger charge is 2.43. The minimum absolute atomic E-state index is 0.152. The molecule has 0 saturated heterocycles. The quantitative estimate of drug-likeness (QED) is 0.230. The van der Waals surface area contributed by atoms with Gasteiger partial charge in [0.15, 0.2) is 0 Å². The van der Waals surface area contributed by atoms with Crippen molar-refractivity contribution in [2.24, 2.45) is 11.8 Å². The van der Waals surface area contributed by atoms with Gasteiger partial charge in [-0.2, -0.15) is 0 Å². The van der Waals surface area contributed by atoms with Crippen LogP contribution in [0, 0.1) is 11.8 Å². The Morgan fingerprint density at radius 3 is 2.79 bits per heavy atom. The van der Waals surface area contributed by atoms with Crippen LogP contribution in [0.2, 0.25) is 0 Å². The molecule has 0 aliphatic heterocycles. The van der Waals surface area contributed by atoms with Crippen molar-refractivity contribution in [3.63, 3.8) is 0 Å². The molecule has 6 heteroatoms. The molecule has 0 radical (unpaired) electrons. The molecular formula is C22H32O6. The van der Waals surface area contributed by atoms with E-state index < -0.39 is 18.1 Å². The second-order valence-corrected chi connectivity index (χ2v) is 7.37. The number of rotatable bonds is 11. The zero-order valence-electron chi connectivity index (χ0n) is 16.5. The highest BCUT2D eigenvalue weighted by Crippen LogP contribution is 2.39. The van der Waals surface area contributed by atoms with E-state index in [1.165, 1.54) is 13.2 Å². The Morgan fingerprint density at radius 2 is 2.07 bits per heavy atom. The molecule has 156 valence electrons. The number of aliphatic hydroxyl groups is 3. The van der Waals surface area contributed by atoms with E-state index in [1.54, 1.807) is 18.4 Å². The molecule has 1 aliphatic rings. The van der Waals surface area contributed by atoms with Gasteiger partial charge in [-0.05, 0) is 56.2 Å². The Hall–Kier alpha value is -2.05. The van der Waals surface area contributed by atoms with Crippen molar-refractivity contribution < 1.29 is 29.3 Å².